The lowest BCUT2D eigenvalue weighted by molar-refractivity contribution is -0.146. The van der Waals surface area contributed by atoms with Gasteiger partial charge in [0.2, 0.25) is 0 Å². The number of hydrogen-bond acceptors (Lipinski definition) is 10. The number of aliphatic hydroxyl groups is 8. The van der Waals surface area contributed by atoms with E-state index in [2.05, 4.69) is 0 Å². The van der Waals surface area contributed by atoms with E-state index in [1.165, 1.54) is 0 Å². The second kappa shape index (κ2) is 17.0. The Morgan fingerprint density at radius 1 is 0.714 bits per heavy atom. The van der Waals surface area contributed by atoms with Crippen LogP contribution >= 0.6 is 0 Å². The van der Waals surface area contributed by atoms with E-state index in [9.17, 15) is 4.79 Å². The normalized spacial score (nSPS) is 13.0. The molecular weight excluding hydrogens is 380 g/mol. The zero-order valence-electron chi connectivity index (χ0n) is 16.1. The average Bonchev–Trinajstić information content (AvgIpc) is 2.72. The van der Waals surface area contributed by atoms with Crippen molar-refractivity contribution in [2.75, 3.05) is 59.5 Å². The van der Waals surface area contributed by atoms with Crippen LogP contribution in [-0.2, 0) is 9.53 Å². The average molecular weight is 416 g/mol. The first kappa shape index (κ1) is 29.3. The van der Waals surface area contributed by atoms with Gasteiger partial charge >= 0.3 is 5.97 Å². The molecular formula is C17H36O11. The molecule has 170 valence electrons. The molecule has 1 atom stereocenters. The SMILES string of the molecule is O=C(O)C(O)CCCCCO.OCC(CO)(CO)COCC(CO)(CO)CO. The molecule has 0 aromatic heterocycles. The molecule has 9 N–H and O–H groups in total. The predicted octanol–water partition coefficient (Wildman–Crippen LogP) is -3.09. The lowest BCUT2D eigenvalue weighted by atomic mass is 9.91. The molecule has 0 aliphatic rings. The van der Waals surface area contributed by atoms with Crippen molar-refractivity contribution in [3.63, 3.8) is 0 Å². The monoisotopic (exact) mass is 416 g/mol. The molecule has 0 aromatic carbocycles. The molecule has 0 radical (unpaired) electrons. The fraction of sp³-hybridized carbons (Fsp3) is 0.941. The zero-order valence-corrected chi connectivity index (χ0v) is 16.1. The molecule has 1 unspecified atom stereocenters. The quantitative estimate of drug-likeness (QED) is 0.115. The number of rotatable bonds is 16. The maximum atomic E-state index is 10.1. The van der Waals surface area contributed by atoms with E-state index in [1.54, 1.807) is 0 Å². The van der Waals surface area contributed by atoms with Crippen molar-refractivity contribution in [2.45, 2.75) is 31.8 Å². The Morgan fingerprint density at radius 2 is 1.11 bits per heavy atom. The molecule has 0 rings (SSSR count). The Bertz CT molecular complexity index is 334. The molecule has 28 heavy (non-hydrogen) atoms. The van der Waals surface area contributed by atoms with Gasteiger partial charge in [-0.25, -0.2) is 4.79 Å². The number of hydrogen-bond donors (Lipinski definition) is 9. The van der Waals surface area contributed by atoms with Crippen LogP contribution in [0.4, 0.5) is 0 Å². The molecule has 0 fully saturated rings. The Hall–Kier alpha value is -0.890. The Kier molecular flexibility index (Phi) is 17.8. The van der Waals surface area contributed by atoms with E-state index in [1.807, 2.05) is 0 Å². The van der Waals surface area contributed by atoms with Gasteiger partial charge in [-0.15, -0.1) is 0 Å². The minimum Gasteiger partial charge on any atom is -0.479 e. The van der Waals surface area contributed by atoms with E-state index >= 15 is 0 Å². The zero-order chi connectivity index (χ0) is 22.1. The molecule has 0 aliphatic heterocycles. The lowest BCUT2D eigenvalue weighted by Gasteiger charge is -2.31. The fourth-order valence-corrected chi connectivity index (χ4v) is 1.81. The van der Waals surface area contributed by atoms with Crippen molar-refractivity contribution in [2.24, 2.45) is 10.8 Å². The highest BCUT2D eigenvalue weighted by molar-refractivity contribution is 5.71. The van der Waals surface area contributed by atoms with E-state index < -0.39 is 62.5 Å². The third-order valence-corrected chi connectivity index (χ3v) is 4.25. The minimum atomic E-state index is -1.24. The van der Waals surface area contributed by atoms with Crippen molar-refractivity contribution >= 4 is 5.97 Å². The van der Waals surface area contributed by atoms with Gasteiger partial charge in [-0.3, -0.25) is 0 Å². The lowest BCUT2D eigenvalue weighted by Crippen LogP contribution is -2.43. The van der Waals surface area contributed by atoms with Gasteiger partial charge in [0.15, 0.2) is 6.10 Å². The summed E-state index contributed by atoms with van der Waals surface area (Å²) < 4.78 is 5.15. The van der Waals surface area contributed by atoms with Crippen molar-refractivity contribution in [1.29, 1.82) is 0 Å². The first-order chi connectivity index (χ1) is 13.3. The number of unbranched alkanes of at least 4 members (excludes halogenated alkanes) is 2. The third-order valence-electron chi connectivity index (χ3n) is 4.25. The van der Waals surface area contributed by atoms with Crippen LogP contribution in [0.1, 0.15) is 25.7 Å². The number of aliphatic hydroxyl groups excluding tert-OH is 8. The summed E-state index contributed by atoms with van der Waals surface area (Å²) in [7, 11) is 0. The van der Waals surface area contributed by atoms with Gasteiger partial charge in [-0.2, -0.15) is 0 Å². The van der Waals surface area contributed by atoms with E-state index in [-0.39, 0.29) is 26.2 Å². The highest BCUT2D eigenvalue weighted by atomic mass is 16.5. The van der Waals surface area contributed by atoms with Crippen molar-refractivity contribution in [3.8, 4) is 0 Å². The second-order valence-electron chi connectivity index (χ2n) is 6.87. The van der Waals surface area contributed by atoms with Gasteiger partial charge in [0, 0.05) is 6.61 Å². The molecule has 0 aliphatic carbocycles. The topological polar surface area (TPSA) is 208 Å². The number of carboxylic acids is 1. The van der Waals surface area contributed by atoms with Gasteiger partial charge in [-0.05, 0) is 12.8 Å². The fourth-order valence-electron chi connectivity index (χ4n) is 1.81. The smallest absolute Gasteiger partial charge is 0.332 e. The van der Waals surface area contributed by atoms with E-state index in [0.717, 1.165) is 6.42 Å². The summed E-state index contributed by atoms with van der Waals surface area (Å²) in [6.07, 6.45) is 1.12. The summed E-state index contributed by atoms with van der Waals surface area (Å²) in [6, 6.07) is 0. The summed E-state index contributed by atoms with van der Waals surface area (Å²) in [5.41, 5.74) is -2.32. The van der Waals surface area contributed by atoms with E-state index in [0.29, 0.717) is 12.8 Å². The summed E-state index contributed by atoms with van der Waals surface area (Å²) in [6.45, 7) is -2.88. The standard InChI is InChI=1S/C10H22O7.C7H14O4/c11-1-9(2-12,3-13)7-17-8-10(4-14,5-15)6-16;8-5-3-1-2-4-6(9)7(10)11/h11-16H,1-8H2;6,8-9H,1-5H2,(H,10,11). The van der Waals surface area contributed by atoms with Gasteiger partial charge < -0.3 is 50.7 Å². The van der Waals surface area contributed by atoms with Crippen molar-refractivity contribution in [3.05, 3.63) is 0 Å². The molecule has 0 heterocycles. The molecule has 0 spiro atoms. The largest absolute Gasteiger partial charge is 0.479 e. The molecule has 0 saturated carbocycles. The molecule has 0 aromatic rings. The first-order valence-corrected chi connectivity index (χ1v) is 9.00. The number of aliphatic carboxylic acids is 1. The maximum Gasteiger partial charge on any atom is 0.332 e. The Labute approximate surface area is 164 Å². The molecule has 0 saturated heterocycles. The summed E-state index contributed by atoms with van der Waals surface area (Å²) in [5.74, 6) is -1.17. The van der Waals surface area contributed by atoms with Gasteiger partial charge in [0.25, 0.3) is 0 Å². The van der Waals surface area contributed by atoms with Crippen molar-refractivity contribution < 1.29 is 55.5 Å². The van der Waals surface area contributed by atoms with E-state index in [4.69, 9.17) is 50.7 Å². The predicted molar refractivity (Wildman–Crippen MR) is 97.4 cm³/mol. The van der Waals surface area contributed by atoms with Crippen LogP contribution in [0.2, 0.25) is 0 Å². The molecule has 11 heteroatoms. The van der Waals surface area contributed by atoms with Crippen LogP contribution < -0.4 is 0 Å². The summed E-state index contributed by atoms with van der Waals surface area (Å²) in [4.78, 5) is 10.1. The highest BCUT2D eigenvalue weighted by Gasteiger charge is 2.32. The number of ether oxygens (including phenoxy) is 1. The van der Waals surface area contributed by atoms with Crippen LogP contribution in [0.15, 0.2) is 0 Å². The second-order valence-corrected chi connectivity index (χ2v) is 6.87. The maximum absolute atomic E-state index is 10.1. The van der Waals surface area contributed by atoms with Crippen LogP contribution in [0.25, 0.3) is 0 Å². The number of carbonyl (C=O) groups is 1. The Balaban J connectivity index is 0. The first-order valence-electron chi connectivity index (χ1n) is 9.00. The van der Waals surface area contributed by atoms with Crippen LogP contribution in [-0.4, -0.2) is 117 Å². The van der Waals surface area contributed by atoms with Crippen LogP contribution in [0.5, 0.6) is 0 Å². The van der Waals surface area contributed by atoms with Gasteiger partial charge in [0.1, 0.15) is 0 Å². The summed E-state index contributed by atoms with van der Waals surface area (Å²) >= 11 is 0. The van der Waals surface area contributed by atoms with Crippen LogP contribution in [0, 0.1) is 10.8 Å². The van der Waals surface area contributed by atoms with Gasteiger partial charge in [-0.1, -0.05) is 12.8 Å². The van der Waals surface area contributed by atoms with Crippen LogP contribution in [0.3, 0.4) is 0 Å². The highest BCUT2D eigenvalue weighted by Crippen LogP contribution is 2.19. The number of carboxylic acid groups (broad SMARTS) is 1. The third kappa shape index (κ3) is 11.8. The summed E-state index contributed by atoms with van der Waals surface area (Å²) in [5, 5.41) is 79.5. The molecule has 11 nitrogen and oxygen atoms in total. The minimum absolute atomic E-state index is 0.128. The molecule has 0 amide bonds. The molecule has 0 bridgehead atoms. The van der Waals surface area contributed by atoms with Crippen molar-refractivity contribution in [1.82, 2.24) is 0 Å². The Morgan fingerprint density at radius 3 is 1.39 bits per heavy atom. The van der Waals surface area contributed by atoms with Gasteiger partial charge in [0.05, 0.1) is 63.7 Å².